The van der Waals surface area contributed by atoms with Crippen LogP contribution in [0.15, 0.2) is 34.9 Å². The van der Waals surface area contributed by atoms with Gasteiger partial charge in [-0.15, -0.1) is 0 Å². The van der Waals surface area contributed by atoms with Crippen molar-refractivity contribution in [2.24, 2.45) is 0 Å². The summed E-state index contributed by atoms with van der Waals surface area (Å²) in [5.74, 6) is -1.14. The summed E-state index contributed by atoms with van der Waals surface area (Å²) in [6.45, 7) is 0.0662. The van der Waals surface area contributed by atoms with E-state index in [1.165, 1.54) is 24.3 Å². The third kappa shape index (κ3) is 3.85. The molecule has 7 nitrogen and oxygen atoms in total. The molecule has 0 saturated heterocycles. The van der Waals surface area contributed by atoms with Gasteiger partial charge in [0.15, 0.2) is 0 Å². The van der Waals surface area contributed by atoms with E-state index in [0.717, 1.165) is 6.07 Å². The number of nitro groups is 1. The van der Waals surface area contributed by atoms with Crippen molar-refractivity contribution in [1.82, 2.24) is 4.98 Å². The average molecular weight is 398 g/mol. The number of ether oxygens (including phenoxy) is 1. The van der Waals surface area contributed by atoms with E-state index in [1.807, 2.05) is 0 Å². The lowest BCUT2D eigenvalue weighted by atomic mass is 10.2. The molecule has 0 atom stereocenters. The lowest BCUT2D eigenvalue weighted by molar-refractivity contribution is -0.384. The van der Waals surface area contributed by atoms with E-state index in [4.69, 9.17) is 0 Å². The number of esters is 1. The summed E-state index contributed by atoms with van der Waals surface area (Å²) in [6.07, 6.45) is 1.18. The third-order valence-corrected chi connectivity index (χ3v) is 3.74. The van der Waals surface area contributed by atoms with E-state index >= 15 is 0 Å². The number of pyridine rings is 1. The molecule has 2 rings (SSSR count). The van der Waals surface area contributed by atoms with Crippen LogP contribution in [0, 0.1) is 15.9 Å². The number of hydrogen-bond donors (Lipinski definition) is 0. The van der Waals surface area contributed by atoms with Gasteiger partial charge in [-0.05, 0) is 18.2 Å². The second-order valence-electron chi connectivity index (χ2n) is 4.91. The van der Waals surface area contributed by atoms with Gasteiger partial charge in [0.05, 0.1) is 17.6 Å². The first-order valence-electron chi connectivity index (χ1n) is 6.71. The number of methoxy groups -OCH3 is 1. The first-order chi connectivity index (χ1) is 11.3. The largest absolute Gasteiger partial charge is 0.465 e. The van der Waals surface area contributed by atoms with E-state index in [2.05, 4.69) is 25.7 Å². The molecule has 0 saturated carbocycles. The third-order valence-electron chi connectivity index (χ3n) is 3.24. The number of nitrogens with zero attached hydrogens (tertiary/aromatic N) is 3. The molecular formula is C15H13BrFN3O4. The fourth-order valence-electron chi connectivity index (χ4n) is 2.10. The Hall–Kier alpha value is -2.55. The maximum Gasteiger partial charge on any atom is 0.339 e. The Labute approximate surface area is 145 Å². The molecular weight excluding hydrogens is 385 g/mol. The Kier molecular flexibility index (Phi) is 5.45. The molecule has 0 amide bonds. The number of anilines is 1. The summed E-state index contributed by atoms with van der Waals surface area (Å²) in [5, 5.41) is 11.3. The molecule has 0 aliphatic heterocycles. The second-order valence-corrected chi connectivity index (χ2v) is 5.82. The Morgan fingerprint density at radius 1 is 1.46 bits per heavy atom. The highest BCUT2D eigenvalue weighted by atomic mass is 79.9. The zero-order valence-corrected chi connectivity index (χ0v) is 14.4. The van der Waals surface area contributed by atoms with Gasteiger partial charge in [-0.1, -0.05) is 15.9 Å². The maximum absolute atomic E-state index is 13.9. The smallest absolute Gasteiger partial charge is 0.339 e. The lowest BCUT2D eigenvalue weighted by Gasteiger charge is -2.18. The van der Waals surface area contributed by atoms with E-state index < -0.39 is 16.7 Å². The normalized spacial score (nSPS) is 10.3. The summed E-state index contributed by atoms with van der Waals surface area (Å²) in [7, 11) is 2.72. The van der Waals surface area contributed by atoms with E-state index in [-0.39, 0.29) is 23.6 Å². The lowest BCUT2D eigenvalue weighted by Crippen LogP contribution is -2.20. The molecule has 2 aromatic rings. The molecule has 0 aliphatic rings. The fourth-order valence-corrected chi connectivity index (χ4v) is 2.51. The molecule has 1 aromatic heterocycles. The molecule has 0 radical (unpaired) electrons. The Morgan fingerprint density at radius 3 is 2.79 bits per heavy atom. The summed E-state index contributed by atoms with van der Waals surface area (Å²) >= 11 is 3.25. The molecule has 24 heavy (non-hydrogen) atoms. The first-order valence-corrected chi connectivity index (χ1v) is 7.50. The molecule has 126 valence electrons. The van der Waals surface area contributed by atoms with E-state index in [9.17, 15) is 19.3 Å². The molecule has 0 N–H and O–H groups in total. The highest BCUT2D eigenvalue weighted by Crippen LogP contribution is 2.28. The van der Waals surface area contributed by atoms with Crippen LogP contribution in [0.2, 0.25) is 0 Å². The number of aromatic nitrogens is 1. The molecule has 0 unspecified atom stereocenters. The van der Waals surface area contributed by atoms with Gasteiger partial charge in [0.25, 0.3) is 0 Å². The van der Waals surface area contributed by atoms with Gasteiger partial charge in [-0.25, -0.2) is 14.2 Å². The van der Waals surface area contributed by atoms with Crippen molar-refractivity contribution < 1.29 is 18.8 Å². The summed E-state index contributed by atoms with van der Waals surface area (Å²) in [5.41, 5.74) is -0.0502. The molecule has 0 bridgehead atoms. The van der Waals surface area contributed by atoms with Crippen LogP contribution in [0.1, 0.15) is 15.9 Å². The highest BCUT2D eigenvalue weighted by Gasteiger charge is 2.23. The van der Waals surface area contributed by atoms with Crippen LogP contribution < -0.4 is 4.90 Å². The maximum atomic E-state index is 13.9. The predicted octanol–water partition coefficient (Wildman–Crippen LogP) is 3.31. The molecule has 9 heteroatoms. The van der Waals surface area contributed by atoms with Crippen molar-refractivity contribution in [3.8, 4) is 0 Å². The van der Waals surface area contributed by atoms with Crippen molar-refractivity contribution >= 4 is 33.4 Å². The monoisotopic (exact) mass is 397 g/mol. The van der Waals surface area contributed by atoms with Crippen LogP contribution in [-0.4, -0.2) is 30.0 Å². The zero-order chi connectivity index (χ0) is 17.9. The van der Waals surface area contributed by atoms with Crippen LogP contribution in [0.25, 0.3) is 0 Å². The van der Waals surface area contributed by atoms with Crippen LogP contribution in [0.4, 0.5) is 15.9 Å². The van der Waals surface area contributed by atoms with Gasteiger partial charge in [0.2, 0.25) is 5.82 Å². The van der Waals surface area contributed by atoms with Gasteiger partial charge in [-0.3, -0.25) is 10.1 Å². The van der Waals surface area contributed by atoms with Gasteiger partial charge in [-0.2, -0.15) is 0 Å². The van der Waals surface area contributed by atoms with Crippen molar-refractivity contribution in [2.75, 3.05) is 19.1 Å². The minimum atomic E-state index is -0.724. The number of carbonyl (C=O) groups is 1. The summed E-state index contributed by atoms with van der Waals surface area (Å²) in [4.78, 5) is 27.5. The highest BCUT2D eigenvalue weighted by molar-refractivity contribution is 9.10. The van der Waals surface area contributed by atoms with Crippen molar-refractivity contribution in [2.45, 2.75) is 6.54 Å². The van der Waals surface area contributed by atoms with Crippen molar-refractivity contribution in [3.63, 3.8) is 0 Å². The van der Waals surface area contributed by atoms with Gasteiger partial charge < -0.3 is 9.64 Å². The summed E-state index contributed by atoms with van der Waals surface area (Å²) < 4.78 is 19.1. The number of halogens is 2. The standard InChI is InChI=1S/C15H13BrFN3O4/c1-19(8-10-5-11(16)3-4-12(10)17)14-13(20(22)23)6-9(7-18-14)15(21)24-2/h3-7H,8H2,1-2H3. The van der Waals surface area contributed by atoms with E-state index in [1.54, 1.807) is 19.2 Å². The number of carbonyl (C=O) groups excluding carboxylic acids is 1. The quantitative estimate of drug-likeness (QED) is 0.437. The first kappa shape index (κ1) is 17.8. The van der Waals surface area contributed by atoms with Gasteiger partial charge >= 0.3 is 11.7 Å². The Balaban J connectivity index is 2.38. The van der Waals surface area contributed by atoms with Gasteiger partial charge in [0.1, 0.15) is 5.82 Å². The summed E-state index contributed by atoms with van der Waals surface area (Å²) in [6, 6.07) is 5.53. The van der Waals surface area contributed by atoms with E-state index in [0.29, 0.717) is 10.0 Å². The fraction of sp³-hybridized carbons (Fsp3) is 0.200. The molecule has 1 aromatic carbocycles. The average Bonchev–Trinajstić information content (AvgIpc) is 2.56. The van der Waals surface area contributed by atoms with Crippen LogP contribution in [0.3, 0.4) is 0 Å². The predicted molar refractivity (Wildman–Crippen MR) is 88.4 cm³/mol. The van der Waals surface area contributed by atoms with Crippen molar-refractivity contribution in [3.05, 3.63) is 62.0 Å². The Morgan fingerprint density at radius 2 is 2.17 bits per heavy atom. The van der Waals surface area contributed by atoms with Crippen LogP contribution in [0.5, 0.6) is 0 Å². The Bertz CT molecular complexity index is 800. The molecule has 0 spiro atoms. The molecule has 0 fully saturated rings. The minimum Gasteiger partial charge on any atom is -0.465 e. The molecule has 1 heterocycles. The van der Waals surface area contributed by atoms with Crippen LogP contribution >= 0.6 is 15.9 Å². The van der Waals surface area contributed by atoms with Crippen molar-refractivity contribution in [1.29, 1.82) is 0 Å². The topological polar surface area (TPSA) is 85.6 Å². The SMILES string of the molecule is COC(=O)c1cnc(N(C)Cc2cc(Br)ccc2F)c([N+](=O)[O-])c1. The van der Waals surface area contributed by atoms with Crippen LogP contribution in [-0.2, 0) is 11.3 Å². The second kappa shape index (κ2) is 7.35. The number of hydrogen-bond acceptors (Lipinski definition) is 6. The number of rotatable bonds is 5. The number of benzene rings is 1. The minimum absolute atomic E-state index is 0.0204. The molecule has 0 aliphatic carbocycles. The van der Waals surface area contributed by atoms with Gasteiger partial charge in [0, 0.05) is 35.9 Å². The zero-order valence-electron chi connectivity index (χ0n) is 12.8.